The van der Waals surface area contributed by atoms with Gasteiger partial charge in [0.05, 0.1) is 12.2 Å². The van der Waals surface area contributed by atoms with Crippen LogP contribution in [0.1, 0.15) is 21.5 Å². The van der Waals surface area contributed by atoms with Crippen molar-refractivity contribution < 1.29 is 22.0 Å². The quantitative estimate of drug-likeness (QED) is 0.558. The molecule has 0 aliphatic rings. The molecule has 0 aliphatic carbocycles. The molecule has 0 aromatic heterocycles. The number of amides is 1. The van der Waals surface area contributed by atoms with E-state index in [1.165, 1.54) is 44.4 Å². The second kappa shape index (κ2) is 9.88. The SMILES string of the molecule is CN(C)S(=O)(=O)N(Cc1ccc(C(=O)NCc2cccc(F)c2)cc1)c1ccccc1F. The molecular formula is C23H23F2N3O3S. The molecule has 0 saturated carbocycles. The first kappa shape index (κ1) is 23.4. The number of rotatable bonds is 8. The first-order valence-corrected chi connectivity index (χ1v) is 11.1. The van der Waals surface area contributed by atoms with E-state index in [4.69, 9.17) is 0 Å². The second-order valence-corrected chi connectivity index (χ2v) is 9.32. The third-order valence-electron chi connectivity index (χ3n) is 4.75. The Hall–Kier alpha value is -3.30. The fraction of sp³-hybridized carbons (Fsp3) is 0.174. The van der Waals surface area contributed by atoms with Crippen molar-refractivity contribution in [2.24, 2.45) is 0 Å². The Morgan fingerprint density at radius 1 is 0.906 bits per heavy atom. The lowest BCUT2D eigenvalue weighted by Crippen LogP contribution is -2.40. The van der Waals surface area contributed by atoms with Crippen molar-refractivity contribution >= 4 is 21.8 Å². The normalized spacial score (nSPS) is 11.4. The number of carbonyl (C=O) groups is 1. The van der Waals surface area contributed by atoms with Crippen molar-refractivity contribution in [2.45, 2.75) is 13.1 Å². The minimum absolute atomic E-state index is 0.0712. The van der Waals surface area contributed by atoms with Gasteiger partial charge in [-0.25, -0.2) is 8.78 Å². The lowest BCUT2D eigenvalue weighted by Gasteiger charge is -2.27. The van der Waals surface area contributed by atoms with Crippen LogP contribution in [0.25, 0.3) is 0 Å². The summed E-state index contributed by atoms with van der Waals surface area (Å²) >= 11 is 0. The summed E-state index contributed by atoms with van der Waals surface area (Å²) in [4.78, 5) is 12.4. The van der Waals surface area contributed by atoms with Gasteiger partial charge >= 0.3 is 10.2 Å². The zero-order valence-corrected chi connectivity index (χ0v) is 18.4. The van der Waals surface area contributed by atoms with Gasteiger partial charge in [-0.3, -0.25) is 9.10 Å². The molecule has 0 heterocycles. The third kappa shape index (κ3) is 5.49. The average molecular weight is 460 g/mol. The summed E-state index contributed by atoms with van der Waals surface area (Å²) in [6, 6.07) is 17.9. The van der Waals surface area contributed by atoms with E-state index in [0.29, 0.717) is 16.7 Å². The average Bonchev–Trinajstić information content (AvgIpc) is 2.77. The summed E-state index contributed by atoms with van der Waals surface area (Å²) in [6.07, 6.45) is 0. The molecule has 0 radical (unpaired) electrons. The number of benzene rings is 3. The van der Waals surface area contributed by atoms with E-state index in [2.05, 4.69) is 5.32 Å². The molecule has 0 aliphatic heterocycles. The second-order valence-electron chi connectivity index (χ2n) is 7.26. The molecule has 0 unspecified atom stereocenters. The van der Waals surface area contributed by atoms with Gasteiger partial charge in [-0.2, -0.15) is 12.7 Å². The van der Waals surface area contributed by atoms with Gasteiger partial charge in [-0.05, 0) is 47.5 Å². The molecule has 9 heteroatoms. The summed E-state index contributed by atoms with van der Waals surface area (Å²) < 4.78 is 55.2. The number of hydrogen-bond donors (Lipinski definition) is 1. The van der Waals surface area contributed by atoms with Crippen molar-refractivity contribution in [1.82, 2.24) is 9.62 Å². The summed E-state index contributed by atoms with van der Waals surface area (Å²) in [5.74, 6) is -1.40. The Morgan fingerprint density at radius 3 is 2.22 bits per heavy atom. The van der Waals surface area contributed by atoms with Crippen LogP contribution in [0.3, 0.4) is 0 Å². The molecule has 6 nitrogen and oxygen atoms in total. The lowest BCUT2D eigenvalue weighted by atomic mass is 10.1. The van der Waals surface area contributed by atoms with Gasteiger partial charge in [-0.1, -0.05) is 36.4 Å². The molecule has 1 N–H and O–H groups in total. The standard InChI is InChI=1S/C23H23F2N3O3S/c1-27(2)32(30,31)28(22-9-4-3-8-21(22)25)16-17-10-12-19(13-11-17)23(29)26-15-18-6-5-7-20(24)14-18/h3-14H,15-16H2,1-2H3,(H,26,29). The Labute approximate surface area is 186 Å². The van der Waals surface area contributed by atoms with Gasteiger partial charge in [0.2, 0.25) is 0 Å². The van der Waals surface area contributed by atoms with E-state index in [9.17, 15) is 22.0 Å². The molecule has 0 bridgehead atoms. The fourth-order valence-electron chi connectivity index (χ4n) is 3.00. The molecule has 1 amide bonds. The highest BCUT2D eigenvalue weighted by atomic mass is 32.2. The Balaban J connectivity index is 1.76. The van der Waals surface area contributed by atoms with Crippen molar-refractivity contribution in [1.29, 1.82) is 0 Å². The van der Waals surface area contributed by atoms with Crippen LogP contribution in [-0.2, 0) is 23.3 Å². The van der Waals surface area contributed by atoms with Crippen LogP contribution >= 0.6 is 0 Å². The number of halogens is 2. The van der Waals surface area contributed by atoms with Crippen molar-refractivity contribution in [3.8, 4) is 0 Å². The highest BCUT2D eigenvalue weighted by molar-refractivity contribution is 7.90. The molecule has 3 aromatic rings. The first-order valence-electron chi connectivity index (χ1n) is 9.75. The number of nitrogens with zero attached hydrogens (tertiary/aromatic N) is 2. The Kier molecular flexibility index (Phi) is 7.22. The van der Waals surface area contributed by atoms with Gasteiger partial charge in [0.1, 0.15) is 11.6 Å². The van der Waals surface area contributed by atoms with Crippen molar-refractivity contribution in [2.75, 3.05) is 18.4 Å². The first-order chi connectivity index (χ1) is 15.2. The van der Waals surface area contributed by atoms with E-state index in [0.717, 1.165) is 8.61 Å². The Bertz CT molecular complexity index is 1200. The predicted molar refractivity (Wildman–Crippen MR) is 119 cm³/mol. The van der Waals surface area contributed by atoms with E-state index < -0.39 is 16.0 Å². The summed E-state index contributed by atoms with van der Waals surface area (Å²) in [6.45, 7) is 0.0487. The minimum Gasteiger partial charge on any atom is -0.348 e. The summed E-state index contributed by atoms with van der Waals surface area (Å²) in [5.41, 5.74) is 1.49. The van der Waals surface area contributed by atoms with Crippen LogP contribution in [0.15, 0.2) is 72.8 Å². The number of anilines is 1. The van der Waals surface area contributed by atoms with Gasteiger partial charge in [0.15, 0.2) is 0 Å². The zero-order valence-electron chi connectivity index (χ0n) is 17.6. The highest BCUT2D eigenvalue weighted by Gasteiger charge is 2.27. The van der Waals surface area contributed by atoms with E-state index in [1.54, 1.807) is 42.5 Å². The van der Waals surface area contributed by atoms with Crippen LogP contribution in [-0.4, -0.2) is 32.7 Å². The van der Waals surface area contributed by atoms with Crippen molar-refractivity contribution in [3.63, 3.8) is 0 Å². The molecule has 3 rings (SSSR count). The van der Waals surface area contributed by atoms with Crippen LogP contribution in [0.4, 0.5) is 14.5 Å². The largest absolute Gasteiger partial charge is 0.348 e. The number of para-hydroxylation sites is 1. The molecule has 168 valence electrons. The molecule has 0 spiro atoms. The number of hydrogen-bond acceptors (Lipinski definition) is 3. The zero-order chi connectivity index (χ0) is 23.3. The fourth-order valence-corrected chi connectivity index (χ4v) is 4.10. The van der Waals surface area contributed by atoms with Gasteiger partial charge in [0, 0.05) is 26.2 Å². The van der Waals surface area contributed by atoms with Crippen LogP contribution in [0, 0.1) is 11.6 Å². The highest BCUT2D eigenvalue weighted by Crippen LogP contribution is 2.25. The third-order valence-corrected chi connectivity index (χ3v) is 6.55. The predicted octanol–water partition coefficient (Wildman–Crippen LogP) is 3.71. The molecule has 0 saturated heterocycles. The van der Waals surface area contributed by atoms with Gasteiger partial charge < -0.3 is 5.32 Å². The topological polar surface area (TPSA) is 69.7 Å². The minimum atomic E-state index is -3.97. The maximum absolute atomic E-state index is 14.4. The van der Waals surface area contributed by atoms with Gasteiger partial charge in [-0.15, -0.1) is 0 Å². The maximum atomic E-state index is 14.4. The lowest BCUT2D eigenvalue weighted by molar-refractivity contribution is 0.0951. The molecule has 0 atom stereocenters. The summed E-state index contributed by atoms with van der Waals surface area (Å²) in [5, 5.41) is 2.71. The smallest absolute Gasteiger partial charge is 0.303 e. The van der Waals surface area contributed by atoms with Crippen LogP contribution in [0.2, 0.25) is 0 Å². The van der Waals surface area contributed by atoms with E-state index >= 15 is 0 Å². The number of carbonyl (C=O) groups excluding carboxylic acids is 1. The van der Waals surface area contributed by atoms with E-state index in [-0.39, 0.29) is 30.5 Å². The Morgan fingerprint density at radius 2 is 1.59 bits per heavy atom. The molecular weight excluding hydrogens is 436 g/mol. The van der Waals surface area contributed by atoms with Crippen LogP contribution < -0.4 is 9.62 Å². The van der Waals surface area contributed by atoms with E-state index in [1.807, 2.05) is 0 Å². The maximum Gasteiger partial charge on any atom is 0.303 e. The molecule has 3 aromatic carbocycles. The van der Waals surface area contributed by atoms with Gasteiger partial charge in [0.25, 0.3) is 5.91 Å². The molecule has 0 fully saturated rings. The monoisotopic (exact) mass is 459 g/mol. The number of nitrogens with one attached hydrogen (secondary N) is 1. The van der Waals surface area contributed by atoms with Crippen LogP contribution in [0.5, 0.6) is 0 Å². The van der Waals surface area contributed by atoms with Crippen molar-refractivity contribution in [3.05, 3.63) is 101 Å². The molecule has 32 heavy (non-hydrogen) atoms. The summed E-state index contributed by atoms with van der Waals surface area (Å²) in [7, 11) is -1.22.